The molecular weight excluding hydrogens is 1390 g/mol. The molecule has 16 heavy (non-hydrogen) atoms. The Hall–Kier alpha value is 3.78. The van der Waals surface area contributed by atoms with Crippen molar-refractivity contribution < 1.29 is 147 Å². The van der Waals surface area contributed by atoms with E-state index in [4.69, 9.17) is 6.58 Å². The molecule has 0 bridgehead atoms. The molecule has 86 valence electrons. The maximum Gasteiger partial charge on any atom is 2.00 e. The molecule has 0 aliphatic heterocycles. The van der Waals surface area contributed by atoms with E-state index < -0.39 is 0 Å². The largest absolute Gasteiger partial charge is 2.00 e. The summed E-state index contributed by atoms with van der Waals surface area (Å²) >= 11 is 0. The average molecular weight is 1400 g/mol. The standard InChI is InChI=1S/C9H7.7W/c1-3-9-6-4-5-8(2)7-9;;;;;;;/h1,3-4,7H,2H3;;;;;;;/q-3;;;;;;;+2. The molecule has 0 nitrogen and oxygen atoms in total. The van der Waals surface area contributed by atoms with Crippen molar-refractivity contribution in [1.29, 1.82) is 0 Å². The minimum Gasteiger partial charge on any atom is -0.439 e. The first-order valence-electron chi connectivity index (χ1n) is 2.78. The van der Waals surface area contributed by atoms with Gasteiger partial charge in [0.2, 0.25) is 0 Å². The minimum absolute atomic E-state index is 0. The summed E-state index contributed by atoms with van der Waals surface area (Å²) in [6, 6.07) is 9.57. The van der Waals surface area contributed by atoms with E-state index in [1.807, 2.05) is 13.0 Å². The third-order valence-corrected chi connectivity index (χ3v) is 1.09. The van der Waals surface area contributed by atoms with Crippen LogP contribution in [0.15, 0.2) is 12.1 Å². The van der Waals surface area contributed by atoms with Crippen molar-refractivity contribution in [3.63, 3.8) is 0 Å². The molecule has 0 fully saturated rings. The molecule has 0 spiro atoms. The summed E-state index contributed by atoms with van der Waals surface area (Å²) in [5, 5.41) is 0. The maximum absolute atomic E-state index is 5.25. The summed E-state index contributed by atoms with van der Waals surface area (Å²) < 4.78 is 0. The minimum atomic E-state index is 0. The van der Waals surface area contributed by atoms with Gasteiger partial charge in [-0.15, -0.1) is 0 Å². The SMILES string of the molecule is [CH-]=Cc1[c-]c[c-]c(C)c1.[W+2].[W].[W].[W].[W].[W].[W]. The van der Waals surface area contributed by atoms with Crippen LogP contribution in [0, 0.1) is 25.6 Å². The molecule has 0 N–H and O–H groups in total. The van der Waals surface area contributed by atoms with Crippen LogP contribution in [-0.4, -0.2) is 0 Å². The number of benzene rings is 1. The second kappa shape index (κ2) is 27.2. The van der Waals surface area contributed by atoms with Gasteiger partial charge in [0, 0.05) is 126 Å². The van der Waals surface area contributed by atoms with Crippen LogP contribution >= 0.6 is 0 Å². The van der Waals surface area contributed by atoms with Crippen LogP contribution in [0.3, 0.4) is 0 Å². The quantitative estimate of drug-likeness (QED) is 0.379. The summed E-state index contributed by atoms with van der Waals surface area (Å²) in [6.07, 6.45) is 1.53. The summed E-state index contributed by atoms with van der Waals surface area (Å²) in [6.45, 7) is 7.22. The van der Waals surface area contributed by atoms with E-state index in [0.29, 0.717) is 0 Å². The molecule has 7 heteroatoms. The van der Waals surface area contributed by atoms with Gasteiger partial charge in [0.05, 0.1) is 0 Å². The number of aryl methyl sites for hydroxylation is 1. The van der Waals surface area contributed by atoms with Gasteiger partial charge in [-0.05, 0) is 0 Å². The molecule has 0 heterocycles. The van der Waals surface area contributed by atoms with Gasteiger partial charge in [-0.25, -0.2) is 5.56 Å². The van der Waals surface area contributed by atoms with Crippen LogP contribution in [0.4, 0.5) is 0 Å². The van der Waals surface area contributed by atoms with E-state index in [-0.39, 0.29) is 147 Å². The molecule has 0 unspecified atom stereocenters. The molecule has 0 aromatic heterocycles. The van der Waals surface area contributed by atoms with Crippen LogP contribution in [-0.2, 0) is 147 Å². The van der Waals surface area contributed by atoms with E-state index in [1.165, 1.54) is 6.08 Å². The van der Waals surface area contributed by atoms with E-state index in [1.54, 1.807) is 6.07 Å². The topological polar surface area (TPSA) is 0 Å². The zero-order valence-corrected chi connectivity index (χ0v) is 28.7. The van der Waals surface area contributed by atoms with Crippen LogP contribution in [0.5, 0.6) is 0 Å². The van der Waals surface area contributed by atoms with E-state index in [0.717, 1.165) is 11.1 Å². The van der Waals surface area contributed by atoms with Gasteiger partial charge in [0.25, 0.3) is 0 Å². The predicted molar refractivity (Wildman–Crippen MR) is 37.6 cm³/mol. The fourth-order valence-electron chi connectivity index (χ4n) is 0.646. The van der Waals surface area contributed by atoms with Crippen molar-refractivity contribution in [3.8, 4) is 0 Å². The van der Waals surface area contributed by atoms with Crippen molar-refractivity contribution in [3.05, 3.63) is 42.0 Å². The van der Waals surface area contributed by atoms with Crippen molar-refractivity contribution >= 4 is 6.08 Å². The Labute approximate surface area is 199 Å². The Morgan fingerprint density at radius 1 is 1.00 bits per heavy atom. The first-order chi connectivity index (χ1) is 4.33. The summed E-state index contributed by atoms with van der Waals surface area (Å²) in [5.74, 6) is 0. The van der Waals surface area contributed by atoms with Crippen LogP contribution < -0.4 is 0 Å². The maximum atomic E-state index is 5.25. The van der Waals surface area contributed by atoms with Crippen molar-refractivity contribution in [2.24, 2.45) is 0 Å². The Morgan fingerprint density at radius 3 is 1.69 bits per heavy atom. The molecule has 1 rings (SSSR count). The van der Waals surface area contributed by atoms with Gasteiger partial charge in [0.1, 0.15) is 0 Å². The Bertz CT molecular complexity index is 227. The molecule has 0 aliphatic rings. The molecule has 1 aromatic rings. The Balaban J connectivity index is -0.0000000231. The zero-order chi connectivity index (χ0) is 6.69. The smallest absolute Gasteiger partial charge is 0.439 e. The van der Waals surface area contributed by atoms with Gasteiger partial charge in [-0.3, -0.25) is 12.1 Å². The second-order valence-corrected chi connectivity index (χ2v) is 1.88. The van der Waals surface area contributed by atoms with Gasteiger partial charge in [0.15, 0.2) is 0 Å². The summed E-state index contributed by atoms with van der Waals surface area (Å²) in [4.78, 5) is 0. The molecule has 1 aromatic carbocycles. The predicted octanol–water partition coefficient (Wildman–Crippen LogP) is 2.02. The Kier molecular flexibility index (Phi) is 72.5. The van der Waals surface area contributed by atoms with E-state index in [2.05, 4.69) is 12.1 Å². The van der Waals surface area contributed by atoms with Gasteiger partial charge in [-0.2, -0.15) is 0 Å². The van der Waals surface area contributed by atoms with E-state index >= 15 is 0 Å². The van der Waals surface area contributed by atoms with Gasteiger partial charge in [-0.1, -0.05) is 6.92 Å². The molecule has 0 saturated heterocycles. The molecule has 0 amide bonds. The molecule has 0 radical (unpaired) electrons. The normalized spacial score (nSPS) is 5.06. The van der Waals surface area contributed by atoms with Crippen LogP contribution in [0.1, 0.15) is 11.1 Å². The second-order valence-electron chi connectivity index (χ2n) is 1.88. The number of hydrogen-bond acceptors (Lipinski definition) is 0. The fourth-order valence-corrected chi connectivity index (χ4v) is 0.646. The molecular formula is C9H7W7-. The van der Waals surface area contributed by atoms with Gasteiger partial charge < -0.3 is 30.4 Å². The zero-order valence-electron chi connectivity index (χ0n) is 8.17. The van der Waals surface area contributed by atoms with E-state index in [9.17, 15) is 0 Å². The summed E-state index contributed by atoms with van der Waals surface area (Å²) in [5.41, 5.74) is 2.01. The van der Waals surface area contributed by atoms with Crippen molar-refractivity contribution in [2.45, 2.75) is 6.92 Å². The van der Waals surface area contributed by atoms with Crippen LogP contribution in [0.25, 0.3) is 6.08 Å². The number of rotatable bonds is 1. The first-order valence-corrected chi connectivity index (χ1v) is 2.78. The van der Waals surface area contributed by atoms with Crippen molar-refractivity contribution in [2.75, 3.05) is 0 Å². The monoisotopic (exact) mass is 1400 g/mol. The van der Waals surface area contributed by atoms with Crippen LogP contribution in [0.2, 0.25) is 0 Å². The third-order valence-electron chi connectivity index (χ3n) is 1.09. The van der Waals surface area contributed by atoms with Crippen molar-refractivity contribution in [1.82, 2.24) is 0 Å². The fraction of sp³-hybridized carbons (Fsp3) is 0.111. The Morgan fingerprint density at radius 2 is 1.44 bits per heavy atom. The number of hydrogen-bond donors (Lipinski definition) is 0. The average Bonchev–Trinajstić information content (AvgIpc) is 1.88. The summed E-state index contributed by atoms with van der Waals surface area (Å²) in [7, 11) is 0. The van der Waals surface area contributed by atoms with Gasteiger partial charge >= 0.3 is 21.1 Å². The molecule has 0 saturated carbocycles. The first kappa shape index (κ1) is 42.7. The third kappa shape index (κ3) is 20.1. The molecule has 0 atom stereocenters. The molecule has 0 aliphatic carbocycles.